The van der Waals surface area contributed by atoms with Gasteiger partial charge in [0.2, 0.25) is 0 Å². The standard InChI is InChI=1S/C28H29ClFN5O3/c1-3-38-28(36)27(26-23-13-19(30)14-34(23)16-31-26)35-15-22-17(2)12-21(24(29)25(22)32-35)18-4-6-20(7-5-18)33-8-10-37-11-9-33/h4-7,12,15-16,19,27H,3,8-11,13-14H2,1-2H3/t19-,27?/m1/s1. The quantitative estimate of drug-likeness (QED) is 0.331. The number of benzene rings is 2. The number of fused-ring (bicyclic) bond motifs is 2. The summed E-state index contributed by atoms with van der Waals surface area (Å²) < 4.78 is 28.3. The van der Waals surface area contributed by atoms with Gasteiger partial charge in [0.1, 0.15) is 11.7 Å². The minimum atomic E-state index is -1.000. The lowest BCUT2D eigenvalue weighted by Gasteiger charge is -2.29. The number of morpholine rings is 1. The lowest BCUT2D eigenvalue weighted by molar-refractivity contribution is -0.146. The number of halogens is 2. The first kappa shape index (κ1) is 24.9. The van der Waals surface area contributed by atoms with Crippen LogP contribution < -0.4 is 4.90 Å². The first-order valence-electron chi connectivity index (χ1n) is 12.9. The zero-order chi connectivity index (χ0) is 26.4. The second-order valence-electron chi connectivity index (χ2n) is 9.76. The second-order valence-corrected chi connectivity index (χ2v) is 10.1. The van der Waals surface area contributed by atoms with E-state index in [9.17, 15) is 9.18 Å². The van der Waals surface area contributed by atoms with Crippen LogP contribution in [0.2, 0.25) is 5.02 Å². The average Bonchev–Trinajstić information content (AvgIpc) is 3.63. The Labute approximate surface area is 224 Å². The van der Waals surface area contributed by atoms with Crippen molar-refractivity contribution in [1.82, 2.24) is 19.3 Å². The molecule has 0 bridgehead atoms. The molecule has 1 unspecified atom stereocenters. The van der Waals surface area contributed by atoms with E-state index in [2.05, 4.69) is 34.1 Å². The lowest BCUT2D eigenvalue weighted by atomic mass is 10.0. The van der Waals surface area contributed by atoms with E-state index < -0.39 is 18.2 Å². The number of carbonyl (C=O) groups is 1. The first-order chi connectivity index (χ1) is 18.4. The molecule has 4 heterocycles. The fraction of sp³-hybridized carbons (Fsp3) is 0.393. The molecule has 198 valence electrons. The largest absolute Gasteiger partial charge is 0.464 e. The van der Waals surface area contributed by atoms with Crippen LogP contribution in [0.25, 0.3) is 22.0 Å². The molecule has 0 saturated carbocycles. The molecule has 2 atom stereocenters. The van der Waals surface area contributed by atoms with Crippen LogP contribution in [0.15, 0.2) is 42.9 Å². The third-order valence-corrected chi connectivity index (χ3v) is 7.72. The molecule has 0 radical (unpaired) electrons. The van der Waals surface area contributed by atoms with Gasteiger partial charge in [0.25, 0.3) is 0 Å². The number of anilines is 1. The molecule has 0 N–H and O–H groups in total. The average molecular weight is 538 g/mol. The molecule has 2 aromatic heterocycles. The van der Waals surface area contributed by atoms with Gasteiger partial charge in [-0.25, -0.2) is 14.2 Å². The minimum Gasteiger partial charge on any atom is -0.464 e. The number of esters is 1. The van der Waals surface area contributed by atoms with Crippen LogP contribution in [-0.4, -0.2) is 64.4 Å². The van der Waals surface area contributed by atoms with E-state index in [1.54, 1.807) is 28.7 Å². The van der Waals surface area contributed by atoms with Crippen LogP contribution >= 0.6 is 11.6 Å². The number of alkyl halides is 1. The summed E-state index contributed by atoms with van der Waals surface area (Å²) in [5.41, 5.74) is 5.72. The predicted molar refractivity (Wildman–Crippen MR) is 144 cm³/mol. The maximum Gasteiger partial charge on any atom is 0.337 e. The highest BCUT2D eigenvalue weighted by atomic mass is 35.5. The van der Waals surface area contributed by atoms with Crippen molar-refractivity contribution < 1.29 is 18.7 Å². The SMILES string of the molecule is CCOC(=O)C(c1ncn2c1C[C@@H](F)C2)n1cc2c(C)cc(-c3ccc(N4CCOCC4)cc3)c(Cl)c2n1. The van der Waals surface area contributed by atoms with Crippen molar-refractivity contribution in [3.05, 3.63) is 64.8 Å². The van der Waals surface area contributed by atoms with Crippen molar-refractivity contribution >= 4 is 34.2 Å². The number of imidazole rings is 1. The molecule has 8 nitrogen and oxygen atoms in total. The monoisotopic (exact) mass is 537 g/mol. The highest BCUT2D eigenvalue weighted by molar-refractivity contribution is 6.38. The lowest BCUT2D eigenvalue weighted by Crippen LogP contribution is -2.36. The number of rotatable bonds is 6. The zero-order valence-corrected chi connectivity index (χ0v) is 22.1. The Bertz CT molecular complexity index is 1490. The molecule has 4 aromatic rings. The van der Waals surface area contributed by atoms with Crippen molar-refractivity contribution in [2.45, 2.75) is 39.0 Å². The van der Waals surface area contributed by atoms with E-state index in [1.165, 1.54) is 0 Å². The number of carbonyl (C=O) groups excluding carboxylic acids is 1. The van der Waals surface area contributed by atoms with Gasteiger partial charge >= 0.3 is 5.97 Å². The molecule has 1 saturated heterocycles. The van der Waals surface area contributed by atoms with Crippen molar-refractivity contribution in [2.75, 3.05) is 37.8 Å². The van der Waals surface area contributed by atoms with Gasteiger partial charge in [0.15, 0.2) is 6.04 Å². The van der Waals surface area contributed by atoms with E-state index in [-0.39, 0.29) is 19.6 Å². The van der Waals surface area contributed by atoms with Gasteiger partial charge < -0.3 is 18.9 Å². The van der Waals surface area contributed by atoms with Crippen LogP contribution in [0.4, 0.5) is 10.1 Å². The normalized spacial score (nSPS) is 18.1. The molecule has 2 aliphatic heterocycles. The summed E-state index contributed by atoms with van der Waals surface area (Å²) in [7, 11) is 0. The molecular formula is C28H29ClFN5O3. The topological polar surface area (TPSA) is 74.4 Å². The van der Waals surface area contributed by atoms with Crippen LogP contribution in [0, 0.1) is 6.92 Å². The van der Waals surface area contributed by atoms with Crippen molar-refractivity contribution in [3.8, 4) is 11.1 Å². The Hall–Kier alpha value is -3.43. The summed E-state index contributed by atoms with van der Waals surface area (Å²) in [6.07, 6.45) is 2.59. The summed E-state index contributed by atoms with van der Waals surface area (Å²) in [5, 5.41) is 6.11. The van der Waals surface area contributed by atoms with E-state index in [1.807, 2.05) is 13.0 Å². The minimum absolute atomic E-state index is 0.205. The Morgan fingerprint density at radius 3 is 2.76 bits per heavy atom. The summed E-state index contributed by atoms with van der Waals surface area (Å²) in [5.74, 6) is -0.489. The molecule has 38 heavy (non-hydrogen) atoms. The van der Waals surface area contributed by atoms with E-state index >= 15 is 0 Å². The van der Waals surface area contributed by atoms with Gasteiger partial charge in [0, 0.05) is 48.0 Å². The maximum atomic E-state index is 14.1. The fourth-order valence-corrected chi connectivity index (χ4v) is 5.73. The van der Waals surface area contributed by atoms with E-state index in [0.29, 0.717) is 21.9 Å². The smallest absolute Gasteiger partial charge is 0.337 e. The maximum absolute atomic E-state index is 14.1. The Balaban J connectivity index is 1.39. The predicted octanol–water partition coefficient (Wildman–Crippen LogP) is 4.74. The number of ether oxygens (including phenoxy) is 2. The molecule has 1 fully saturated rings. The third kappa shape index (κ3) is 4.33. The molecular weight excluding hydrogens is 509 g/mol. The van der Waals surface area contributed by atoms with Crippen LogP contribution in [0.1, 0.15) is 29.9 Å². The number of nitrogens with zero attached hydrogens (tertiary/aromatic N) is 5. The fourth-order valence-electron chi connectivity index (χ4n) is 5.43. The van der Waals surface area contributed by atoms with Gasteiger partial charge in [-0.3, -0.25) is 4.68 Å². The molecule has 0 aliphatic carbocycles. The van der Waals surface area contributed by atoms with Crippen LogP contribution in [-0.2, 0) is 27.2 Å². The van der Waals surface area contributed by atoms with Gasteiger partial charge in [-0.05, 0) is 43.2 Å². The summed E-state index contributed by atoms with van der Waals surface area (Å²) in [6, 6.07) is 9.44. The number of aromatic nitrogens is 4. The zero-order valence-electron chi connectivity index (χ0n) is 21.4. The van der Waals surface area contributed by atoms with Gasteiger partial charge in [-0.15, -0.1) is 0 Å². The van der Waals surface area contributed by atoms with Crippen molar-refractivity contribution in [3.63, 3.8) is 0 Å². The molecule has 2 aliphatic rings. The number of hydrogen-bond acceptors (Lipinski definition) is 6. The highest BCUT2D eigenvalue weighted by Gasteiger charge is 2.35. The number of aryl methyl sites for hydroxylation is 1. The summed E-state index contributed by atoms with van der Waals surface area (Å²) in [6.45, 7) is 7.40. The van der Waals surface area contributed by atoms with Gasteiger partial charge in [0.05, 0.1) is 43.4 Å². The Morgan fingerprint density at radius 2 is 2.03 bits per heavy atom. The van der Waals surface area contributed by atoms with E-state index in [0.717, 1.165) is 54.1 Å². The summed E-state index contributed by atoms with van der Waals surface area (Å²) >= 11 is 6.94. The molecule has 2 aromatic carbocycles. The van der Waals surface area contributed by atoms with E-state index in [4.69, 9.17) is 26.2 Å². The first-order valence-corrected chi connectivity index (χ1v) is 13.3. The second kappa shape index (κ2) is 10.0. The third-order valence-electron chi connectivity index (χ3n) is 7.34. The Morgan fingerprint density at radius 1 is 1.26 bits per heavy atom. The van der Waals surface area contributed by atoms with Crippen LogP contribution in [0.5, 0.6) is 0 Å². The molecule has 10 heteroatoms. The van der Waals surface area contributed by atoms with Gasteiger partial charge in [-0.2, -0.15) is 5.10 Å². The molecule has 0 amide bonds. The van der Waals surface area contributed by atoms with Crippen LogP contribution in [0.3, 0.4) is 0 Å². The van der Waals surface area contributed by atoms with Gasteiger partial charge in [-0.1, -0.05) is 23.7 Å². The number of hydrogen-bond donors (Lipinski definition) is 0. The van der Waals surface area contributed by atoms with Crippen molar-refractivity contribution in [2.24, 2.45) is 0 Å². The molecule has 6 rings (SSSR count). The van der Waals surface area contributed by atoms with Crippen molar-refractivity contribution in [1.29, 1.82) is 0 Å². The highest BCUT2D eigenvalue weighted by Crippen LogP contribution is 2.38. The summed E-state index contributed by atoms with van der Waals surface area (Å²) in [4.78, 5) is 19.9. The Kier molecular flexibility index (Phi) is 6.57. The molecule has 0 spiro atoms.